The smallest absolute Gasteiger partial charge is 0.335 e. The van der Waals surface area contributed by atoms with Gasteiger partial charge >= 0.3 is 5.97 Å². The second-order valence-corrected chi connectivity index (χ2v) is 10.5. The molecule has 0 bridgehead atoms. The largest absolute Gasteiger partial charge is 0.495 e. The number of Topliss-reactive ketones (excluding diaryl/α,β-unsaturated/α-hetero) is 2. The molecule has 4 rings (SSSR count). The van der Waals surface area contributed by atoms with Crippen LogP contribution >= 0.6 is 11.6 Å². The predicted octanol–water partition coefficient (Wildman–Crippen LogP) is 6.31. The Morgan fingerprint density at radius 1 is 0.902 bits per heavy atom. The van der Waals surface area contributed by atoms with Gasteiger partial charge in [-0.3, -0.25) is 14.4 Å². The molecule has 1 atom stereocenters. The van der Waals surface area contributed by atoms with Gasteiger partial charge < -0.3 is 14.4 Å². The topological polar surface area (TPSA) is 103 Å². The maximum absolute atomic E-state index is 13.7. The van der Waals surface area contributed by atoms with Gasteiger partial charge in [-0.05, 0) is 47.0 Å². The van der Waals surface area contributed by atoms with Crippen LogP contribution in [-0.4, -0.2) is 34.3 Å². The fraction of sp³-hybridized carbons (Fsp3) is 0.212. The third-order valence-corrected chi connectivity index (χ3v) is 7.12. The van der Waals surface area contributed by atoms with Crippen LogP contribution in [0.15, 0.2) is 89.9 Å². The van der Waals surface area contributed by atoms with Gasteiger partial charge in [0.2, 0.25) is 0 Å². The van der Waals surface area contributed by atoms with Crippen LogP contribution in [0.1, 0.15) is 51.7 Å². The van der Waals surface area contributed by atoms with E-state index in [2.05, 4.69) is 0 Å². The summed E-state index contributed by atoms with van der Waals surface area (Å²) in [7, 11) is 1.46. The van der Waals surface area contributed by atoms with E-state index < -0.39 is 17.6 Å². The standard InChI is InChI=1S/C33H30ClNO6/c1-20(2)32(38)25-14-13-24(34)17-26(25)27-18-31(37)35(19-30(27)41-3)28(15-21-7-5-4-6-8-21)29(36)16-22-9-11-23(12-10-22)33(39)40/h4-14,17-20,28H,15-16H2,1-3H3,(H,39,40). The Bertz CT molecular complexity index is 1640. The normalized spacial score (nSPS) is 11.7. The van der Waals surface area contributed by atoms with Crippen LogP contribution in [-0.2, 0) is 17.6 Å². The maximum Gasteiger partial charge on any atom is 0.335 e. The Kier molecular flexibility index (Phi) is 9.20. The summed E-state index contributed by atoms with van der Waals surface area (Å²) in [5.74, 6) is -1.36. The average molecular weight is 572 g/mol. The summed E-state index contributed by atoms with van der Waals surface area (Å²) in [5, 5.41) is 9.59. The van der Waals surface area contributed by atoms with Crippen LogP contribution in [0.5, 0.6) is 5.75 Å². The number of hydrogen-bond donors (Lipinski definition) is 1. The molecule has 0 aliphatic rings. The van der Waals surface area contributed by atoms with Crippen molar-refractivity contribution in [3.05, 3.63) is 123 Å². The molecule has 1 aromatic heterocycles. The summed E-state index contributed by atoms with van der Waals surface area (Å²) < 4.78 is 7.04. The number of carboxylic acids is 1. The molecule has 1 heterocycles. The van der Waals surface area contributed by atoms with Gasteiger partial charge in [0.05, 0.1) is 24.9 Å². The number of carboxylic acid groups (broad SMARTS) is 1. The fourth-order valence-electron chi connectivity index (χ4n) is 4.70. The van der Waals surface area contributed by atoms with Crippen molar-refractivity contribution in [1.29, 1.82) is 0 Å². The SMILES string of the molecule is COc1cn(C(Cc2ccccc2)C(=O)Cc2ccc(C(=O)O)cc2)c(=O)cc1-c1cc(Cl)ccc1C(=O)C(C)C. The highest BCUT2D eigenvalue weighted by Gasteiger charge is 2.26. The first kappa shape index (κ1) is 29.5. The number of rotatable bonds is 11. The van der Waals surface area contributed by atoms with Crippen molar-refractivity contribution in [2.75, 3.05) is 7.11 Å². The number of carbonyl (C=O) groups is 3. The molecule has 0 radical (unpaired) electrons. The molecule has 1 unspecified atom stereocenters. The lowest BCUT2D eigenvalue weighted by Crippen LogP contribution is -2.32. The van der Waals surface area contributed by atoms with E-state index in [4.69, 9.17) is 16.3 Å². The summed E-state index contributed by atoms with van der Waals surface area (Å²) in [6.07, 6.45) is 1.75. The van der Waals surface area contributed by atoms with Crippen molar-refractivity contribution >= 4 is 29.1 Å². The minimum absolute atomic E-state index is 0.00472. The number of hydrogen-bond acceptors (Lipinski definition) is 5. The van der Waals surface area contributed by atoms with Crippen LogP contribution in [0.25, 0.3) is 11.1 Å². The molecule has 4 aromatic rings. The van der Waals surface area contributed by atoms with Crippen molar-refractivity contribution < 1.29 is 24.2 Å². The van der Waals surface area contributed by atoms with Crippen molar-refractivity contribution in [2.24, 2.45) is 5.92 Å². The van der Waals surface area contributed by atoms with Crippen molar-refractivity contribution in [1.82, 2.24) is 4.57 Å². The Morgan fingerprint density at radius 2 is 1.59 bits per heavy atom. The third kappa shape index (κ3) is 6.81. The van der Waals surface area contributed by atoms with Crippen molar-refractivity contribution in [3.8, 4) is 16.9 Å². The monoisotopic (exact) mass is 571 g/mol. The molecule has 41 heavy (non-hydrogen) atoms. The number of ether oxygens (including phenoxy) is 1. The fourth-order valence-corrected chi connectivity index (χ4v) is 4.87. The number of nitrogens with zero attached hydrogens (tertiary/aromatic N) is 1. The molecule has 0 aliphatic carbocycles. The molecule has 8 heteroatoms. The molecule has 1 N–H and O–H groups in total. The van der Waals surface area contributed by atoms with Gasteiger partial charge in [0, 0.05) is 41.0 Å². The van der Waals surface area contributed by atoms with Gasteiger partial charge in [0.15, 0.2) is 11.6 Å². The van der Waals surface area contributed by atoms with E-state index in [-0.39, 0.29) is 35.9 Å². The van der Waals surface area contributed by atoms with E-state index in [1.54, 1.807) is 44.2 Å². The van der Waals surface area contributed by atoms with Crippen molar-refractivity contribution in [3.63, 3.8) is 0 Å². The lowest BCUT2D eigenvalue weighted by atomic mass is 9.92. The molecular formula is C33H30ClNO6. The highest BCUT2D eigenvalue weighted by Crippen LogP contribution is 2.35. The molecule has 0 fully saturated rings. The number of benzene rings is 3. The van der Waals surface area contributed by atoms with E-state index in [1.807, 2.05) is 30.3 Å². The second kappa shape index (κ2) is 12.8. The number of carbonyl (C=O) groups excluding carboxylic acids is 2. The van der Waals surface area contributed by atoms with E-state index >= 15 is 0 Å². The van der Waals surface area contributed by atoms with Crippen molar-refractivity contribution in [2.45, 2.75) is 32.7 Å². The molecule has 210 valence electrons. The zero-order chi connectivity index (χ0) is 29.7. The first-order valence-corrected chi connectivity index (χ1v) is 13.5. The Balaban J connectivity index is 1.80. The van der Waals surface area contributed by atoms with Gasteiger partial charge in [-0.2, -0.15) is 0 Å². The van der Waals surface area contributed by atoms with Crippen LogP contribution in [0.2, 0.25) is 5.02 Å². The molecule has 0 saturated carbocycles. The van der Waals surface area contributed by atoms with Gasteiger partial charge in [-0.1, -0.05) is 67.9 Å². The molecule has 0 amide bonds. The van der Waals surface area contributed by atoms with E-state index in [1.165, 1.54) is 36.1 Å². The van der Waals surface area contributed by atoms with Crippen LogP contribution < -0.4 is 10.3 Å². The van der Waals surface area contributed by atoms with Gasteiger partial charge in [-0.15, -0.1) is 0 Å². The molecule has 0 spiro atoms. The minimum atomic E-state index is -1.05. The molecule has 0 aliphatic heterocycles. The first-order valence-electron chi connectivity index (χ1n) is 13.1. The number of aromatic carboxylic acids is 1. The summed E-state index contributed by atoms with van der Waals surface area (Å²) >= 11 is 6.29. The van der Waals surface area contributed by atoms with Crippen LogP contribution in [0.3, 0.4) is 0 Å². The van der Waals surface area contributed by atoms with Gasteiger partial charge in [-0.25, -0.2) is 4.79 Å². The number of methoxy groups -OCH3 is 1. The van der Waals surface area contributed by atoms with Crippen LogP contribution in [0.4, 0.5) is 0 Å². The number of halogens is 1. The van der Waals surface area contributed by atoms with Crippen LogP contribution in [0, 0.1) is 5.92 Å². The molecule has 0 saturated heterocycles. The van der Waals surface area contributed by atoms with E-state index in [0.29, 0.717) is 33.0 Å². The highest BCUT2D eigenvalue weighted by molar-refractivity contribution is 6.31. The van der Waals surface area contributed by atoms with Gasteiger partial charge in [0.25, 0.3) is 5.56 Å². The molecule has 7 nitrogen and oxygen atoms in total. The quantitative estimate of drug-likeness (QED) is 0.212. The third-order valence-electron chi connectivity index (χ3n) is 6.88. The predicted molar refractivity (Wildman–Crippen MR) is 158 cm³/mol. The Labute approximate surface area is 243 Å². The van der Waals surface area contributed by atoms with Gasteiger partial charge in [0.1, 0.15) is 5.75 Å². The molecule has 3 aromatic carbocycles. The van der Waals surface area contributed by atoms with E-state index in [9.17, 15) is 24.3 Å². The molecular weight excluding hydrogens is 542 g/mol. The zero-order valence-electron chi connectivity index (χ0n) is 23.0. The summed E-state index contributed by atoms with van der Waals surface area (Å²) in [4.78, 5) is 51.6. The maximum atomic E-state index is 13.7. The number of pyridine rings is 1. The Morgan fingerprint density at radius 3 is 2.20 bits per heavy atom. The summed E-state index contributed by atoms with van der Waals surface area (Å²) in [6.45, 7) is 3.59. The minimum Gasteiger partial charge on any atom is -0.495 e. The number of aromatic nitrogens is 1. The second-order valence-electron chi connectivity index (χ2n) is 10.1. The highest BCUT2D eigenvalue weighted by atomic mass is 35.5. The summed E-state index contributed by atoms with van der Waals surface area (Å²) in [6, 6.07) is 20.8. The zero-order valence-corrected chi connectivity index (χ0v) is 23.7. The number of ketones is 2. The van der Waals surface area contributed by atoms with E-state index in [0.717, 1.165) is 5.56 Å². The first-order chi connectivity index (χ1) is 19.6. The summed E-state index contributed by atoms with van der Waals surface area (Å²) in [5.41, 5.74) is 2.46. The lowest BCUT2D eigenvalue weighted by molar-refractivity contribution is -0.121. The average Bonchev–Trinajstić information content (AvgIpc) is 2.96. The lowest BCUT2D eigenvalue weighted by Gasteiger charge is -2.22. The Hall–Kier alpha value is -4.49.